The molecule has 4 aromatic heterocycles. The normalized spacial score (nSPS) is 15.0. The maximum atomic E-state index is 13.7. The Morgan fingerprint density at radius 3 is 2.83 bits per heavy atom. The summed E-state index contributed by atoms with van der Waals surface area (Å²) in [4.78, 5) is 26.7. The van der Waals surface area contributed by atoms with Crippen molar-refractivity contribution in [2.75, 3.05) is 0 Å². The molecule has 1 aliphatic rings. The first-order valence-electron chi connectivity index (χ1n) is 14.1. The number of phenols is 1. The first-order chi connectivity index (χ1) is 20.0. The zero-order chi connectivity index (χ0) is 27.9. The van der Waals surface area contributed by atoms with E-state index in [1.807, 2.05) is 48.8 Å². The number of nitrogens with one attached hydrogen (secondary N) is 2. The average Bonchev–Trinajstić information content (AvgIpc) is 3.79. The molecule has 1 aliphatic carbocycles. The molecular weight excluding hydrogens is 534 g/mol. The van der Waals surface area contributed by atoms with Gasteiger partial charge >= 0.3 is 0 Å². The molecule has 1 saturated carbocycles. The first-order valence-corrected chi connectivity index (χ1v) is 15.0. The summed E-state index contributed by atoms with van der Waals surface area (Å²) in [6, 6.07) is 13.1. The van der Waals surface area contributed by atoms with Crippen molar-refractivity contribution in [1.82, 2.24) is 24.8 Å². The Bertz CT molecular complexity index is 1840. The molecule has 9 heteroatoms. The molecule has 0 bridgehead atoms. The number of aromatic amines is 1. The highest BCUT2D eigenvalue weighted by Crippen LogP contribution is 2.36. The van der Waals surface area contributed by atoms with E-state index in [0.29, 0.717) is 18.0 Å². The van der Waals surface area contributed by atoms with Crippen LogP contribution in [-0.2, 0) is 6.42 Å². The number of hydrogen-bond donors (Lipinski definition) is 3. The SMILES string of the molecule is Cc1nc([C@H](Cc2c[nH]c3ccc(O)cc23)NC(=O)c2ccc3c(c2)nc(-c2ccoc2)n3C2CCCCC2)cs1. The molecule has 0 aliphatic heterocycles. The molecule has 4 heterocycles. The number of benzene rings is 2. The lowest BCUT2D eigenvalue weighted by atomic mass is 9.95. The smallest absolute Gasteiger partial charge is 0.251 e. The van der Waals surface area contributed by atoms with Gasteiger partial charge in [0.25, 0.3) is 5.91 Å². The Hall–Kier alpha value is -4.37. The number of aromatic hydroxyl groups is 1. The number of aryl methyl sites for hydroxylation is 1. The number of carbonyl (C=O) groups excluding carboxylic acids is 1. The Labute approximate surface area is 241 Å². The van der Waals surface area contributed by atoms with Crippen LogP contribution in [0.2, 0.25) is 0 Å². The van der Waals surface area contributed by atoms with Gasteiger partial charge in [0.15, 0.2) is 0 Å². The van der Waals surface area contributed by atoms with Crippen LogP contribution in [0, 0.1) is 6.92 Å². The van der Waals surface area contributed by atoms with Gasteiger partial charge in [0, 0.05) is 40.5 Å². The van der Waals surface area contributed by atoms with E-state index in [1.165, 1.54) is 19.3 Å². The number of carbonyl (C=O) groups is 1. The molecule has 6 aromatic rings. The lowest BCUT2D eigenvalue weighted by Gasteiger charge is -2.25. The van der Waals surface area contributed by atoms with E-state index < -0.39 is 0 Å². The molecule has 2 aromatic carbocycles. The van der Waals surface area contributed by atoms with Crippen molar-refractivity contribution in [2.24, 2.45) is 0 Å². The van der Waals surface area contributed by atoms with Crippen molar-refractivity contribution < 1.29 is 14.3 Å². The van der Waals surface area contributed by atoms with Gasteiger partial charge in [0.05, 0.1) is 39.6 Å². The number of rotatable bonds is 7. The second kappa shape index (κ2) is 10.6. The van der Waals surface area contributed by atoms with E-state index in [1.54, 1.807) is 36.0 Å². The van der Waals surface area contributed by atoms with Gasteiger partial charge < -0.3 is 24.4 Å². The van der Waals surface area contributed by atoms with Crippen molar-refractivity contribution >= 4 is 39.2 Å². The molecule has 1 fully saturated rings. The van der Waals surface area contributed by atoms with E-state index in [9.17, 15) is 9.90 Å². The molecule has 41 heavy (non-hydrogen) atoms. The second-order valence-electron chi connectivity index (χ2n) is 10.9. The van der Waals surface area contributed by atoms with Gasteiger partial charge in [-0.05, 0) is 67.8 Å². The summed E-state index contributed by atoms with van der Waals surface area (Å²) in [5.74, 6) is 0.915. The minimum Gasteiger partial charge on any atom is -0.508 e. The monoisotopic (exact) mass is 565 g/mol. The maximum absolute atomic E-state index is 13.7. The summed E-state index contributed by atoms with van der Waals surface area (Å²) in [5, 5.41) is 17.2. The zero-order valence-corrected chi connectivity index (χ0v) is 23.6. The highest BCUT2D eigenvalue weighted by atomic mass is 32.1. The van der Waals surface area contributed by atoms with Crippen molar-refractivity contribution in [3.63, 3.8) is 0 Å². The van der Waals surface area contributed by atoms with Crippen LogP contribution in [0.3, 0.4) is 0 Å². The molecular formula is C32H31N5O3S. The van der Waals surface area contributed by atoms with Gasteiger partial charge in [-0.15, -0.1) is 11.3 Å². The summed E-state index contributed by atoms with van der Waals surface area (Å²) in [5.41, 5.74) is 6.09. The van der Waals surface area contributed by atoms with Crippen LogP contribution in [-0.4, -0.2) is 30.5 Å². The predicted molar refractivity (Wildman–Crippen MR) is 160 cm³/mol. The Kier molecular flexibility index (Phi) is 6.59. The Balaban J connectivity index is 1.22. The fraction of sp³-hybridized carbons (Fsp3) is 0.281. The van der Waals surface area contributed by atoms with Gasteiger partial charge in [-0.25, -0.2) is 9.97 Å². The lowest BCUT2D eigenvalue weighted by Crippen LogP contribution is -2.30. The zero-order valence-electron chi connectivity index (χ0n) is 22.8. The van der Waals surface area contributed by atoms with Gasteiger partial charge in [-0.1, -0.05) is 19.3 Å². The molecule has 0 radical (unpaired) electrons. The summed E-state index contributed by atoms with van der Waals surface area (Å²) in [6.07, 6.45) is 11.8. The van der Waals surface area contributed by atoms with Crippen LogP contribution >= 0.6 is 11.3 Å². The Morgan fingerprint density at radius 2 is 2.05 bits per heavy atom. The quantitative estimate of drug-likeness (QED) is 0.186. The van der Waals surface area contributed by atoms with Gasteiger partial charge in [-0.2, -0.15) is 0 Å². The number of thiazole rings is 1. The molecule has 7 rings (SSSR count). The number of fused-ring (bicyclic) bond motifs is 2. The summed E-state index contributed by atoms with van der Waals surface area (Å²) >= 11 is 1.56. The molecule has 1 atom stereocenters. The number of nitrogens with zero attached hydrogens (tertiary/aromatic N) is 3. The van der Waals surface area contributed by atoms with Gasteiger partial charge in [0.2, 0.25) is 0 Å². The third kappa shape index (κ3) is 4.91. The molecule has 208 valence electrons. The van der Waals surface area contributed by atoms with Crippen molar-refractivity contribution in [3.8, 4) is 17.1 Å². The minimum absolute atomic E-state index is 0.178. The largest absolute Gasteiger partial charge is 0.508 e. The van der Waals surface area contributed by atoms with E-state index in [-0.39, 0.29) is 17.7 Å². The second-order valence-corrected chi connectivity index (χ2v) is 11.9. The van der Waals surface area contributed by atoms with Crippen LogP contribution in [0.25, 0.3) is 33.3 Å². The molecule has 0 spiro atoms. The highest BCUT2D eigenvalue weighted by Gasteiger charge is 2.25. The third-order valence-corrected chi connectivity index (χ3v) is 8.94. The van der Waals surface area contributed by atoms with Crippen molar-refractivity contribution in [3.05, 3.63) is 88.4 Å². The summed E-state index contributed by atoms with van der Waals surface area (Å²) in [7, 11) is 0. The van der Waals surface area contributed by atoms with Crippen LogP contribution < -0.4 is 5.32 Å². The van der Waals surface area contributed by atoms with E-state index in [2.05, 4.69) is 14.9 Å². The topological polar surface area (TPSA) is 109 Å². The van der Waals surface area contributed by atoms with E-state index in [0.717, 1.165) is 62.4 Å². The lowest BCUT2D eigenvalue weighted by molar-refractivity contribution is 0.0936. The maximum Gasteiger partial charge on any atom is 0.251 e. The summed E-state index contributed by atoms with van der Waals surface area (Å²) in [6.45, 7) is 1.96. The average molecular weight is 566 g/mol. The standard InChI is InChI=1S/C32H31N5O3S/c1-19-34-29(18-41-19)27(14-22-16-33-26-9-8-24(38)15-25(22)26)36-32(39)20-7-10-30-28(13-20)35-31(21-11-12-40-17-21)37(30)23-5-3-2-4-6-23/h7-13,15-18,23,27,33,38H,2-6,14H2,1H3,(H,36,39)/t27-/m0/s1. The number of phenolic OH excluding ortho intramolecular Hbond substituents is 1. The number of imidazole rings is 1. The summed E-state index contributed by atoms with van der Waals surface area (Å²) < 4.78 is 7.74. The molecule has 0 saturated heterocycles. The fourth-order valence-corrected chi connectivity index (χ4v) is 6.78. The number of aromatic nitrogens is 4. The molecule has 3 N–H and O–H groups in total. The van der Waals surface area contributed by atoms with Crippen molar-refractivity contribution in [1.29, 1.82) is 0 Å². The highest BCUT2D eigenvalue weighted by molar-refractivity contribution is 7.09. The van der Waals surface area contributed by atoms with Gasteiger partial charge in [-0.3, -0.25) is 4.79 Å². The van der Waals surface area contributed by atoms with Crippen LogP contribution in [0.1, 0.15) is 70.8 Å². The molecule has 0 unspecified atom stereocenters. The van der Waals surface area contributed by atoms with Crippen molar-refractivity contribution in [2.45, 2.75) is 57.5 Å². The molecule has 8 nitrogen and oxygen atoms in total. The van der Waals surface area contributed by atoms with Gasteiger partial charge in [0.1, 0.15) is 17.8 Å². The number of amides is 1. The minimum atomic E-state index is -0.342. The van der Waals surface area contributed by atoms with E-state index in [4.69, 9.17) is 14.4 Å². The number of H-pyrrole nitrogens is 1. The van der Waals surface area contributed by atoms with Crippen LogP contribution in [0.4, 0.5) is 0 Å². The van der Waals surface area contributed by atoms with Crippen LogP contribution in [0.15, 0.2) is 71.0 Å². The molecule has 1 amide bonds. The van der Waals surface area contributed by atoms with Crippen LogP contribution in [0.5, 0.6) is 5.75 Å². The predicted octanol–water partition coefficient (Wildman–Crippen LogP) is 7.47. The number of furan rings is 1. The van der Waals surface area contributed by atoms with E-state index >= 15 is 0 Å². The first kappa shape index (κ1) is 25.6. The number of hydrogen-bond acceptors (Lipinski definition) is 6. The Morgan fingerprint density at radius 1 is 1.17 bits per heavy atom. The third-order valence-electron chi connectivity index (χ3n) is 8.15. The fourth-order valence-electron chi connectivity index (χ4n) is 6.11.